The quantitative estimate of drug-likeness (QED) is 0.595. The van der Waals surface area contributed by atoms with Crippen molar-refractivity contribution in [3.05, 3.63) is 0 Å². The van der Waals surface area contributed by atoms with Crippen molar-refractivity contribution in [3.8, 4) is 0 Å². The van der Waals surface area contributed by atoms with Crippen LogP contribution in [0.5, 0.6) is 0 Å². The molecule has 1 heterocycles. The maximum atomic E-state index is 4.21. The topological polar surface area (TPSA) is 24.7 Å². The van der Waals surface area contributed by atoms with E-state index in [2.05, 4.69) is 30.3 Å². The Labute approximate surface area is 107 Å². The van der Waals surface area contributed by atoms with Crippen molar-refractivity contribution in [1.82, 2.24) is 0 Å². The molecule has 3 aliphatic rings. The van der Waals surface area contributed by atoms with Crippen LogP contribution in [-0.4, -0.2) is 11.9 Å². The highest BCUT2D eigenvalue weighted by atomic mass is 15.2. The molecule has 17 heavy (non-hydrogen) atoms. The molecule has 0 radical (unpaired) electrons. The van der Waals surface area contributed by atoms with Gasteiger partial charge in [0.15, 0.2) is 0 Å². The van der Waals surface area contributed by atoms with Crippen molar-refractivity contribution in [1.29, 1.82) is 0 Å². The van der Waals surface area contributed by atoms with Gasteiger partial charge in [-0.3, -0.25) is 0 Å². The fourth-order valence-corrected chi connectivity index (χ4v) is 3.79. The first-order chi connectivity index (χ1) is 8.27. The molecule has 0 saturated heterocycles. The molecule has 3 rings (SSSR count). The molecule has 0 N–H and O–H groups in total. The summed E-state index contributed by atoms with van der Waals surface area (Å²) in [6, 6.07) is 0. The third-order valence-electron chi connectivity index (χ3n) is 4.34. The summed E-state index contributed by atoms with van der Waals surface area (Å²) in [5.74, 6) is 4.22. The van der Waals surface area contributed by atoms with Gasteiger partial charge in [-0.05, 0) is 37.5 Å². The van der Waals surface area contributed by atoms with E-state index in [4.69, 9.17) is 0 Å². The van der Waals surface area contributed by atoms with E-state index in [0.29, 0.717) is 0 Å². The molecule has 0 aromatic heterocycles. The number of nitrogens with zero attached hydrogens (tertiary/aromatic N) is 2. The van der Waals surface area contributed by atoms with Crippen LogP contribution < -0.4 is 0 Å². The first-order valence-corrected chi connectivity index (χ1v) is 7.35. The Morgan fingerprint density at radius 2 is 1.76 bits per heavy atom. The fourth-order valence-electron chi connectivity index (χ4n) is 3.79. The van der Waals surface area contributed by atoms with Crippen molar-refractivity contribution >= 4 is 11.9 Å². The van der Waals surface area contributed by atoms with Crippen LogP contribution in [0.4, 0.5) is 0 Å². The van der Waals surface area contributed by atoms with Gasteiger partial charge in [-0.25, -0.2) is 0 Å². The molecule has 2 nitrogen and oxygen atoms in total. The summed E-state index contributed by atoms with van der Waals surface area (Å²) >= 11 is 0. The van der Waals surface area contributed by atoms with Gasteiger partial charge in [0.05, 0.1) is 0 Å². The number of rotatable bonds is 0. The van der Waals surface area contributed by atoms with Crippen molar-refractivity contribution in [2.45, 2.75) is 54.4 Å². The maximum absolute atomic E-state index is 4.21. The molecular formula is C15H28N2. The zero-order valence-corrected chi connectivity index (χ0v) is 12.3. The lowest BCUT2D eigenvalue weighted by Gasteiger charge is -2.33. The molecule has 0 amide bonds. The van der Waals surface area contributed by atoms with E-state index < -0.39 is 0 Å². The molecule has 2 fully saturated rings. The minimum absolute atomic E-state index is 0.735. The molecule has 98 valence electrons. The van der Waals surface area contributed by atoms with Gasteiger partial charge in [0.2, 0.25) is 0 Å². The normalized spacial score (nSPS) is 40.6. The predicted octanol–water partition coefficient (Wildman–Crippen LogP) is 4.41. The highest BCUT2D eigenvalue weighted by Gasteiger charge is 2.52. The van der Waals surface area contributed by atoms with Crippen molar-refractivity contribution in [2.24, 2.45) is 39.8 Å². The van der Waals surface area contributed by atoms with Crippen LogP contribution in [0.3, 0.4) is 0 Å². The first-order valence-electron chi connectivity index (χ1n) is 7.35. The van der Waals surface area contributed by atoms with Gasteiger partial charge in [0.1, 0.15) is 0 Å². The van der Waals surface area contributed by atoms with E-state index in [1.807, 2.05) is 27.7 Å². The van der Waals surface area contributed by atoms with Gasteiger partial charge in [-0.2, -0.15) is 10.2 Å². The molecule has 2 saturated carbocycles. The minimum Gasteiger partial charge on any atom is -0.163 e. The number of hydrogen-bond donors (Lipinski definition) is 0. The largest absolute Gasteiger partial charge is 0.163 e. The van der Waals surface area contributed by atoms with Crippen LogP contribution in [-0.2, 0) is 0 Å². The first kappa shape index (κ1) is 14.4. The lowest BCUT2D eigenvalue weighted by molar-refractivity contribution is 0.273. The van der Waals surface area contributed by atoms with E-state index in [9.17, 15) is 0 Å². The van der Waals surface area contributed by atoms with E-state index >= 15 is 0 Å². The Kier molecular flexibility index (Phi) is 5.35. The van der Waals surface area contributed by atoms with Gasteiger partial charge in [0, 0.05) is 23.8 Å². The standard InChI is InChI=1S/C11H16N2.2C2H6/c1-6-3-8-4-9(6)11-7(2)13-12-5-10(8)11;2*1-2/h5-6,8-11H,3-4H2,1-2H3;2*1-2H3. The average molecular weight is 236 g/mol. The van der Waals surface area contributed by atoms with Gasteiger partial charge in [-0.1, -0.05) is 34.6 Å². The van der Waals surface area contributed by atoms with Gasteiger partial charge in [-0.15, -0.1) is 0 Å². The van der Waals surface area contributed by atoms with Crippen LogP contribution in [0.15, 0.2) is 10.2 Å². The average Bonchev–Trinajstić information content (AvgIpc) is 2.92. The summed E-state index contributed by atoms with van der Waals surface area (Å²) in [5, 5.41) is 8.32. The second-order valence-corrected chi connectivity index (χ2v) is 4.98. The molecule has 5 unspecified atom stereocenters. The van der Waals surface area contributed by atoms with E-state index in [1.165, 1.54) is 18.6 Å². The van der Waals surface area contributed by atoms with Gasteiger partial charge >= 0.3 is 0 Å². The Bertz CT molecular complexity index is 293. The number of fused-ring (bicyclic) bond motifs is 5. The molecule has 0 aromatic rings. The molecule has 2 aliphatic carbocycles. The lowest BCUT2D eigenvalue weighted by atomic mass is 9.73. The van der Waals surface area contributed by atoms with Crippen LogP contribution in [0.2, 0.25) is 0 Å². The summed E-state index contributed by atoms with van der Waals surface area (Å²) in [6.07, 6.45) is 4.95. The minimum atomic E-state index is 0.735. The van der Waals surface area contributed by atoms with Crippen molar-refractivity contribution in [2.75, 3.05) is 0 Å². The lowest BCUT2D eigenvalue weighted by Crippen LogP contribution is -2.34. The molecule has 2 heteroatoms. The molecule has 2 bridgehead atoms. The predicted molar refractivity (Wildman–Crippen MR) is 76.7 cm³/mol. The zero-order chi connectivity index (χ0) is 13.0. The summed E-state index contributed by atoms with van der Waals surface area (Å²) in [4.78, 5) is 0. The van der Waals surface area contributed by atoms with Crippen LogP contribution in [0.25, 0.3) is 0 Å². The van der Waals surface area contributed by atoms with Crippen LogP contribution >= 0.6 is 0 Å². The molecular weight excluding hydrogens is 208 g/mol. The third-order valence-corrected chi connectivity index (χ3v) is 4.34. The Morgan fingerprint density at radius 3 is 2.41 bits per heavy atom. The van der Waals surface area contributed by atoms with Gasteiger partial charge in [0.25, 0.3) is 0 Å². The Morgan fingerprint density at radius 1 is 1.12 bits per heavy atom. The molecule has 0 spiro atoms. The zero-order valence-electron chi connectivity index (χ0n) is 12.3. The maximum Gasteiger partial charge on any atom is 0.0415 e. The molecule has 5 atom stereocenters. The highest BCUT2D eigenvalue weighted by molar-refractivity contribution is 5.90. The summed E-state index contributed by atoms with van der Waals surface area (Å²) < 4.78 is 0. The van der Waals surface area contributed by atoms with Crippen molar-refractivity contribution < 1.29 is 0 Å². The number of hydrogen-bond acceptors (Lipinski definition) is 2. The van der Waals surface area contributed by atoms with Gasteiger partial charge < -0.3 is 0 Å². The van der Waals surface area contributed by atoms with Crippen molar-refractivity contribution in [3.63, 3.8) is 0 Å². The summed E-state index contributed by atoms with van der Waals surface area (Å²) in [5.41, 5.74) is 1.28. The Balaban J connectivity index is 0.000000330. The highest BCUT2D eigenvalue weighted by Crippen LogP contribution is 2.55. The Hall–Kier alpha value is -0.660. The fraction of sp³-hybridized carbons (Fsp3) is 0.867. The monoisotopic (exact) mass is 236 g/mol. The van der Waals surface area contributed by atoms with Crippen LogP contribution in [0, 0.1) is 29.6 Å². The van der Waals surface area contributed by atoms with E-state index in [0.717, 1.165) is 29.6 Å². The van der Waals surface area contributed by atoms with Crippen LogP contribution in [0.1, 0.15) is 54.4 Å². The second-order valence-electron chi connectivity index (χ2n) is 4.98. The SMILES string of the molecule is CC.CC.CC1=NN=CC2C3CC(C)C(C3)C12. The third kappa shape index (κ3) is 2.46. The second kappa shape index (κ2) is 6.32. The summed E-state index contributed by atoms with van der Waals surface area (Å²) in [7, 11) is 0. The molecule has 1 aliphatic heterocycles. The summed E-state index contributed by atoms with van der Waals surface area (Å²) in [6.45, 7) is 12.6. The van der Waals surface area contributed by atoms with E-state index in [-0.39, 0.29) is 0 Å². The molecule has 0 aromatic carbocycles. The smallest absolute Gasteiger partial charge is 0.0415 e. The van der Waals surface area contributed by atoms with E-state index in [1.54, 1.807) is 0 Å².